The van der Waals surface area contributed by atoms with Crippen molar-refractivity contribution in [1.82, 2.24) is 29.5 Å². The van der Waals surface area contributed by atoms with E-state index in [2.05, 4.69) is 20.1 Å². The monoisotopic (exact) mass is 424 g/mol. The second kappa shape index (κ2) is 7.58. The fourth-order valence-electron chi connectivity index (χ4n) is 3.60. The molecule has 0 spiro atoms. The number of pyridine rings is 1. The number of aryl methyl sites for hydroxylation is 1. The number of aromatic nitrogens is 5. The van der Waals surface area contributed by atoms with Gasteiger partial charge in [0.25, 0.3) is 18.1 Å². The number of hydrogen-bond donors (Lipinski definition) is 0. The maximum absolute atomic E-state index is 14.4. The molecular weight excluding hydrogens is 409 g/mol. The molecule has 0 radical (unpaired) electrons. The number of fused-ring (bicyclic) bond motifs is 1. The molecule has 11 heteroatoms. The summed E-state index contributed by atoms with van der Waals surface area (Å²) in [7, 11) is 0. The van der Waals surface area contributed by atoms with Gasteiger partial charge in [0.2, 0.25) is 0 Å². The van der Waals surface area contributed by atoms with E-state index in [-0.39, 0.29) is 34.7 Å². The largest absolute Gasteiger partial charge is 0.338 e. The van der Waals surface area contributed by atoms with Gasteiger partial charge in [0.05, 0.1) is 17.0 Å². The topological polar surface area (TPSA) is 76.3 Å². The van der Waals surface area contributed by atoms with Gasteiger partial charge in [-0.1, -0.05) is 11.6 Å². The Balaban J connectivity index is 1.67. The molecule has 1 saturated heterocycles. The van der Waals surface area contributed by atoms with Crippen LogP contribution in [0.2, 0.25) is 5.15 Å². The lowest BCUT2D eigenvalue weighted by Crippen LogP contribution is -2.40. The molecule has 0 saturated carbocycles. The van der Waals surface area contributed by atoms with Gasteiger partial charge in [0, 0.05) is 19.0 Å². The van der Waals surface area contributed by atoms with Crippen molar-refractivity contribution >= 4 is 23.3 Å². The second-order valence-corrected chi connectivity index (χ2v) is 7.25. The summed E-state index contributed by atoms with van der Waals surface area (Å²) in [4.78, 5) is 25.9. The van der Waals surface area contributed by atoms with E-state index >= 15 is 0 Å². The number of rotatable bonds is 3. The van der Waals surface area contributed by atoms with Crippen LogP contribution in [0.5, 0.6) is 0 Å². The van der Waals surface area contributed by atoms with Gasteiger partial charge < -0.3 is 4.90 Å². The first kappa shape index (κ1) is 19.6. The molecule has 0 aliphatic carbocycles. The molecule has 0 bridgehead atoms. The SMILES string of the molecule is Cc1nc(Cl)cc(C(=O)N2CCCC(c3cc(C(F)F)nc4ncnn34)C2)c1F. The highest BCUT2D eigenvalue weighted by Crippen LogP contribution is 2.30. The number of carbonyl (C=O) groups is 1. The Labute approximate surface area is 168 Å². The van der Waals surface area contributed by atoms with Crippen LogP contribution in [-0.2, 0) is 0 Å². The Hall–Kier alpha value is -2.75. The Morgan fingerprint density at radius 1 is 1.31 bits per heavy atom. The third kappa shape index (κ3) is 3.64. The van der Waals surface area contributed by atoms with Crippen LogP contribution in [0.4, 0.5) is 13.2 Å². The van der Waals surface area contributed by atoms with Gasteiger partial charge in [0.15, 0.2) is 5.82 Å². The molecule has 4 rings (SSSR count). The van der Waals surface area contributed by atoms with Crippen molar-refractivity contribution in [1.29, 1.82) is 0 Å². The molecule has 1 amide bonds. The number of hydrogen-bond acceptors (Lipinski definition) is 5. The van der Waals surface area contributed by atoms with Gasteiger partial charge in [-0.3, -0.25) is 4.79 Å². The highest BCUT2D eigenvalue weighted by atomic mass is 35.5. The quantitative estimate of drug-likeness (QED) is 0.601. The van der Waals surface area contributed by atoms with E-state index in [1.54, 1.807) is 0 Å². The lowest BCUT2D eigenvalue weighted by molar-refractivity contribution is 0.0699. The van der Waals surface area contributed by atoms with Gasteiger partial charge in [-0.25, -0.2) is 27.7 Å². The van der Waals surface area contributed by atoms with Gasteiger partial charge >= 0.3 is 0 Å². The molecule has 29 heavy (non-hydrogen) atoms. The zero-order valence-corrected chi connectivity index (χ0v) is 16.1. The Morgan fingerprint density at radius 3 is 2.86 bits per heavy atom. The van der Waals surface area contributed by atoms with Crippen LogP contribution in [0.3, 0.4) is 0 Å². The third-order valence-electron chi connectivity index (χ3n) is 4.97. The summed E-state index contributed by atoms with van der Waals surface area (Å²) in [6, 6.07) is 2.49. The molecule has 4 heterocycles. The molecular formula is C18H16ClF3N6O. The van der Waals surface area contributed by atoms with Crippen molar-refractivity contribution in [2.75, 3.05) is 13.1 Å². The number of halogens is 4. The van der Waals surface area contributed by atoms with E-state index in [0.29, 0.717) is 25.1 Å². The molecule has 0 N–H and O–H groups in total. The normalized spacial score (nSPS) is 17.3. The highest BCUT2D eigenvalue weighted by Gasteiger charge is 2.30. The minimum atomic E-state index is -2.76. The third-order valence-corrected chi connectivity index (χ3v) is 5.17. The number of carbonyl (C=O) groups excluding carboxylic acids is 1. The standard InChI is InChI=1S/C18H16ClF3N6O/c1-9-15(20)11(5-14(19)25-9)17(29)27-4-2-3-10(7-27)13-6-12(16(21)22)26-18-23-8-24-28(13)18/h5-6,8,10,16H,2-4,7H2,1H3. The predicted molar refractivity (Wildman–Crippen MR) is 97.6 cm³/mol. The van der Waals surface area contributed by atoms with Gasteiger partial charge in [0.1, 0.15) is 17.2 Å². The zero-order chi connectivity index (χ0) is 20.7. The number of nitrogens with zero attached hydrogens (tertiary/aromatic N) is 6. The molecule has 1 atom stereocenters. The van der Waals surface area contributed by atoms with Crippen LogP contribution in [-0.4, -0.2) is 48.5 Å². The number of piperidine rings is 1. The maximum Gasteiger partial charge on any atom is 0.280 e. The van der Waals surface area contributed by atoms with Gasteiger partial charge in [-0.15, -0.1) is 0 Å². The maximum atomic E-state index is 14.4. The van der Waals surface area contributed by atoms with Crippen LogP contribution in [0.25, 0.3) is 5.78 Å². The van der Waals surface area contributed by atoms with Crippen LogP contribution in [0.15, 0.2) is 18.5 Å². The Morgan fingerprint density at radius 2 is 2.10 bits per heavy atom. The van der Waals surface area contributed by atoms with Crippen molar-refractivity contribution in [2.24, 2.45) is 0 Å². The van der Waals surface area contributed by atoms with Crippen LogP contribution < -0.4 is 0 Å². The van der Waals surface area contributed by atoms with E-state index in [1.165, 1.54) is 34.8 Å². The van der Waals surface area contributed by atoms with Crippen LogP contribution in [0.1, 0.15) is 52.6 Å². The average Bonchev–Trinajstić information content (AvgIpc) is 3.18. The van der Waals surface area contributed by atoms with Crippen molar-refractivity contribution in [3.8, 4) is 0 Å². The summed E-state index contributed by atoms with van der Waals surface area (Å²) in [6.07, 6.45) is -0.236. The number of alkyl halides is 2. The summed E-state index contributed by atoms with van der Waals surface area (Å²) in [5, 5.41) is 4.10. The fraction of sp³-hybridized carbons (Fsp3) is 0.389. The van der Waals surface area contributed by atoms with E-state index < -0.39 is 23.8 Å². The van der Waals surface area contributed by atoms with E-state index in [9.17, 15) is 18.0 Å². The van der Waals surface area contributed by atoms with Gasteiger partial charge in [-0.05, 0) is 31.9 Å². The average molecular weight is 425 g/mol. The lowest BCUT2D eigenvalue weighted by Gasteiger charge is -2.33. The molecule has 1 fully saturated rings. The first-order chi connectivity index (χ1) is 13.8. The minimum absolute atomic E-state index is 0.0286. The molecule has 3 aromatic heterocycles. The van der Waals surface area contributed by atoms with E-state index in [1.807, 2.05) is 0 Å². The molecule has 0 aromatic carbocycles. The number of likely N-dealkylation sites (tertiary alicyclic amines) is 1. The molecule has 3 aromatic rings. The van der Waals surface area contributed by atoms with Crippen molar-refractivity contribution < 1.29 is 18.0 Å². The molecule has 152 valence electrons. The highest BCUT2D eigenvalue weighted by molar-refractivity contribution is 6.29. The smallest absolute Gasteiger partial charge is 0.280 e. The molecule has 1 aliphatic rings. The molecule has 1 unspecified atom stereocenters. The zero-order valence-electron chi connectivity index (χ0n) is 15.3. The van der Waals surface area contributed by atoms with E-state index in [0.717, 1.165) is 0 Å². The van der Waals surface area contributed by atoms with Gasteiger partial charge in [-0.2, -0.15) is 10.1 Å². The summed E-state index contributed by atoms with van der Waals surface area (Å²) in [5.41, 5.74) is -0.0252. The fourth-order valence-corrected chi connectivity index (χ4v) is 3.84. The first-order valence-corrected chi connectivity index (χ1v) is 9.33. The first-order valence-electron chi connectivity index (χ1n) is 8.95. The van der Waals surface area contributed by atoms with Crippen molar-refractivity contribution in [3.05, 3.63) is 52.1 Å². The predicted octanol–water partition coefficient (Wildman–Crippen LogP) is 3.58. The van der Waals surface area contributed by atoms with Crippen molar-refractivity contribution in [3.63, 3.8) is 0 Å². The van der Waals surface area contributed by atoms with Crippen LogP contribution >= 0.6 is 11.6 Å². The van der Waals surface area contributed by atoms with E-state index in [4.69, 9.17) is 11.6 Å². The van der Waals surface area contributed by atoms with Crippen LogP contribution in [0, 0.1) is 12.7 Å². The second-order valence-electron chi connectivity index (χ2n) is 6.86. The summed E-state index contributed by atoms with van der Waals surface area (Å²) < 4.78 is 42.3. The Bertz CT molecular complexity index is 1090. The summed E-state index contributed by atoms with van der Waals surface area (Å²) >= 11 is 5.88. The minimum Gasteiger partial charge on any atom is -0.338 e. The van der Waals surface area contributed by atoms with Crippen molar-refractivity contribution in [2.45, 2.75) is 32.1 Å². The lowest BCUT2D eigenvalue weighted by atomic mass is 9.93. The summed E-state index contributed by atoms with van der Waals surface area (Å²) in [6.45, 7) is 2.07. The summed E-state index contributed by atoms with van der Waals surface area (Å²) in [5.74, 6) is -1.44. The Kier molecular flexibility index (Phi) is 5.12. The molecule has 1 aliphatic heterocycles. The number of amides is 1. The molecule has 7 nitrogen and oxygen atoms in total.